The summed E-state index contributed by atoms with van der Waals surface area (Å²) in [6.07, 6.45) is 1.68. The number of nitrogens with zero attached hydrogens (tertiary/aromatic N) is 2. The third-order valence-electron chi connectivity index (χ3n) is 2.26. The van der Waals surface area contributed by atoms with Crippen molar-refractivity contribution in [3.8, 4) is 0 Å². The Balaban J connectivity index is 2.29. The highest BCUT2D eigenvalue weighted by atomic mass is 16.3. The van der Waals surface area contributed by atoms with Gasteiger partial charge < -0.3 is 4.90 Å². The van der Waals surface area contributed by atoms with Crippen molar-refractivity contribution < 1.29 is 4.79 Å². The van der Waals surface area contributed by atoms with Crippen LogP contribution < -0.4 is 0 Å². The Morgan fingerprint density at radius 1 is 1.50 bits per heavy atom. The molecule has 0 spiro atoms. The van der Waals surface area contributed by atoms with Gasteiger partial charge in [0.25, 0.3) is 0 Å². The largest absolute Gasteiger partial charge is 0.353 e. The van der Waals surface area contributed by atoms with Crippen molar-refractivity contribution in [3.63, 3.8) is 0 Å². The first-order chi connectivity index (χ1) is 5.74. The number of carbonyl (C=O) groups is 1. The monoisotopic (exact) mass is 166 g/mol. The van der Waals surface area contributed by atoms with Gasteiger partial charge in [-0.3, -0.25) is 4.79 Å². The Labute approximate surface area is 72.7 Å². The molecule has 4 nitrogen and oxygen atoms in total. The zero-order valence-corrected chi connectivity index (χ0v) is 6.90. The van der Waals surface area contributed by atoms with Crippen molar-refractivity contribution >= 4 is 13.7 Å². The van der Waals surface area contributed by atoms with E-state index < -0.39 is 0 Å². The fraction of sp³-hybridized carbons (Fsp3) is 0.857. The van der Waals surface area contributed by atoms with Crippen LogP contribution in [0.1, 0.15) is 12.8 Å². The van der Waals surface area contributed by atoms with Gasteiger partial charge in [0.15, 0.2) is 5.81 Å². The van der Waals surface area contributed by atoms with E-state index in [1.165, 1.54) is 0 Å². The van der Waals surface area contributed by atoms with Gasteiger partial charge in [-0.05, 0) is 18.8 Å². The number of amides is 1. The molecular formula is C7H11BN2O2. The number of carbonyl (C=O) groups excluding carboxylic acids is 1. The summed E-state index contributed by atoms with van der Waals surface area (Å²) in [6, 6.07) is 0. The molecule has 0 N–H and O–H groups in total. The van der Waals surface area contributed by atoms with Gasteiger partial charge in [-0.15, -0.1) is 0 Å². The summed E-state index contributed by atoms with van der Waals surface area (Å²) in [4.78, 5) is 22.2. The van der Waals surface area contributed by atoms with E-state index in [9.17, 15) is 9.70 Å². The Bertz CT molecular complexity index is 178. The van der Waals surface area contributed by atoms with Crippen molar-refractivity contribution in [2.45, 2.75) is 12.8 Å². The molecule has 0 atom stereocenters. The van der Waals surface area contributed by atoms with Crippen molar-refractivity contribution in [2.24, 2.45) is 11.1 Å². The zero-order valence-electron chi connectivity index (χ0n) is 6.90. The summed E-state index contributed by atoms with van der Waals surface area (Å²) in [7, 11) is 5.09. The van der Waals surface area contributed by atoms with Gasteiger partial charge in [-0.1, -0.05) is 5.18 Å². The molecule has 0 aromatic rings. The lowest BCUT2D eigenvalue weighted by Crippen LogP contribution is -2.38. The summed E-state index contributed by atoms with van der Waals surface area (Å²) in [6.45, 7) is 1.69. The van der Waals surface area contributed by atoms with Crippen LogP contribution in [0.25, 0.3) is 0 Å². The molecule has 1 aliphatic heterocycles. The first kappa shape index (κ1) is 9.22. The molecule has 1 heterocycles. The van der Waals surface area contributed by atoms with E-state index in [-0.39, 0.29) is 5.81 Å². The molecule has 0 unspecified atom stereocenters. The molecule has 0 bridgehead atoms. The first-order valence-electron chi connectivity index (χ1n) is 4.07. The Hall–Kier alpha value is -0.865. The highest BCUT2D eigenvalue weighted by Crippen LogP contribution is 2.16. The highest BCUT2D eigenvalue weighted by molar-refractivity contribution is 6.56. The van der Waals surface area contributed by atoms with E-state index in [0.29, 0.717) is 25.6 Å². The van der Waals surface area contributed by atoms with Gasteiger partial charge in [0.1, 0.15) is 0 Å². The van der Waals surface area contributed by atoms with Crippen LogP contribution in [0, 0.1) is 10.8 Å². The molecule has 0 aromatic carbocycles. The predicted molar refractivity (Wildman–Crippen MR) is 46.1 cm³/mol. The molecule has 1 amide bonds. The molecule has 1 saturated heterocycles. The van der Waals surface area contributed by atoms with Crippen LogP contribution in [0.3, 0.4) is 0 Å². The van der Waals surface area contributed by atoms with Crippen LogP contribution in [-0.4, -0.2) is 38.2 Å². The average Bonchev–Trinajstić information content (AvgIpc) is 2.06. The second-order valence-corrected chi connectivity index (χ2v) is 3.08. The number of hydrogen-bond donors (Lipinski definition) is 0. The average molecular weight is 166 g/mol. The van der Waals surface area contributed by atoms with Gasteiger partial charge in [-0.2, -0.15) is 4.91 Å². The van der Waals surface area contributed by atoms with Crippen molar-refractivity contribution in [1.82, 2.24) is 4.90 Å². The standard InChI is InChI=1S/C7H11BN2O2/c8-7(11)10-3-1-6(2-4-10)5-9-12/h6H,1-5H2. The molecule has 0 aromatic heterocycles. The lowest BCUT2D eigenvalue weighted by molar-refractivity contribution is 0.193. The van der Waals surface area contributed by atoms with Gasteiger partial charge in [0, 0.05) is 13.1 Å². The SMILES string of the molecule is [B]C(=O)N1CCC(CN=O)CC1. The third kappa shape index (κ3) is 2.32. The smallest absolute Gasteiger partial charge is 0.200 e. The molecule has 1 rings (SSSR count). The van der Waals surface area contributed by atoms with Crippen molar-refractivity contribution in [1.29, 1.82) is 0 Å². The quantitative estimate of drug-likeness (QED) is 0.448. The van der Waals surface area contributed by atoms with Crippen LogP contribution in [0.5, 0.6) is 0 Å². The minimum Gasteiger partial charge on any atom is -0.353 e. The maximum Gasteiger partial charge on any atom is 0.200 e. The fourth-order valence-corrected chi connectivity index (χ4v) is 1.44. The molecule has 12 heavy (non-hydrogen) atoms. The minimum absolute atomic E-state index is 0.345. The second kappa shape index (κ2) is 4.23. The van der Waals surface area contributed by atoms with Crippen LogP contribution in [0.4, 0.5) is 4.79 Å². The molecule has 0 saturated carbocycles. The zero-order chi connectivity index (χ0) is 8.97. The summed E-state index contributed by atoms with van der Waals surface area (Å²) in [5.74, 6) is -0.0226. The Morgan fingerprint density at radius 2 is 2.08 bits per heavy atom. The van der Waals surface area contributed by atoms with Crippen LogP contribution in [0.2, 0.25) is 0 Å². The minimum atomic E-state index is -0.368. The molecular weight excluding hydrogens is 155 g/mol. The van der Waals surface area contributed by atoms with E-state index in [2.05, 4.69) is 5.18 Å². The predicted octanol–water partition coefficient (Wildman–Crippen LogP) is 0.753. The number of hydrogen-bond acceptors (Lipinski definition) is 3. The van der Waals surface area contributed by atoms with Crippen LogP contribution in [0.15, 0.2) is 5.18 Å². The third-order valence-corrected chi connectivity index (χ3v) is 2.26. The molecule has 2 radical (unpaired) electrons. The Kier molecular flexibility index (Phi) is 3.25. The second-order valence-electron chi connectivity index (χ2n) is 3.08. The summed E-state index contributed by atoms with van der Waals surface area (Å²) in [5.41, 5.74) is 0. The van der Waals surface area contributed by atoms with Gasteiger partial charge >= 0.3 is 0 Å². The molecule has 64 valence electrons. The van der Waals surface area contributed by atoms with Gasteiger partial charge in [0.2, 0.25) is 7.85 Å². The van der Waals surface area contributed by atoms with Crippen molar-refractivity contribution in [3.05, 3.63) is 4.91 Å². The highest BCUT2D eigenvalue weighted by Gasteiger charge is 2.19. The molecule has 1 fully saturated rings. The maximum atomic E-state index is 10.7. The van der Waals surface area contributed by atoms with E-state index in [0.717, 1.165) is 12.8 Å². The maximum absolute atomic E-state index is 10.7. The van der Waals surface area contributed by atoms with Crippen LogP contribution in [-0.2, 0) is 0 Å². The number of likely N-dealkylation sites (tertiary alicyclic amines) is 1. The Morgan fingerprint density at radius 3 is 2.50 bits per heavy atom. The number of rotatable bonds is 2. The van der Waals surface area contributed by atoms with E-state index in [4.69, 9.17) is 7.85 Å². The first-order valence-corrected chi connectivity index (χ1v) is 4.07. The fourth-order valence-electron chi connectivity index (χ4n) is 1.44. The van der Waals surface area contributed by atoms with E-state index in [1.54, 1.807) is 4.90 Å². The summed E-state index contributed by atoms with van der Waals surface area (Å²) < 4.78 is 0. The topological polar surface area (TPSA) is 49.7 Å². The van der Waals surface area contributed by atoms with Crippen molar-refractivity contribution in [2.75, 3.05) is 19.6 Å². The van der Waals surface area contributed by atoms with E-state index >= 15 is 0 Å². The lowest BCUT2D eigenvalue weighted by Gasteiger charge is -2.30. The molecule has 5 heteroatoms. The van der Waals surface area contributed by atoms with E-state index in [1.807, 2.05) is 0 Å². The molecule has 0 aliphatic carbocycles. The lowest BCUT2D eigenvalue weighted by atomic mass is 9.95. The normalized spacial score (nSPS) is 19.2. The van der Waals surface area contributed by atoms with Crippen LogP contribution >= 0.6 is 0 Å². The van der Waals surface area contributed by atoms with Gasteiger partial charge in [0.05, 0.1) is 6.54 Å². The van der Waals surface area contributed by atoms with Gasteiger partial charge in [-0.25, -0.2) is 0 Å². The summed E-state index contributed by atoms with van der Waals surface area (Å²) in [5, 5.41) is 2.84. The molecule has 1 aliphatic rings. The number of nitroso groups, excluding NO2 is 1. The number of piperidine rings is 1. The summed E-state index contributed by atoms with van der Waals surface area (Å²) >= 11 is 0.